The van der Waals surface area contributed by atoms with Crippen LogP contribution in [0.4, 0.5) is 0 Å². The Kier molecular flexibility index (Phi) is 10.9. The van der Waals surface area contributed by atoms with Gasteiger partial charge in [-0.05, 0) is 57.1 Å². The predicted molar refractivity (Wildman–Crippen MR) is 83.9 cm³/mol. The molecule has 0 aliphatic carbocycles. The molecule has 1 unspecified atom stereocenters. The van der Waals surface area contributed by atoms with E-state index in [0.717, 1.165) is 12.3 Å². The van der Waals surface area contributed by atoms with E-state index in [2.05, 4.69) is 52.5 Å². The van der Waals surface area contributed by atoms with Crippen LogP contribution in [0.1, 0.15) is 79.6 Å². The molecule has 0 rings (SSSR count). The van der Waals surface area contributed by atoms with E-state index in [4.69, 9.17) is 0 Å². The molecule has 0 aromatic carbocycles. The first-order valence-electron chi connectivity index (χ1n) is 7.66. The lowest BCUT2D eigenvalue weighted by Crippen LogP contribution is -1.93. The smallest absolute Gasteiger partial charge is 0.00904 e. The van der Waals surface area contributed by atoms with Crippen LogP contribution in [0.25, 0.3) is 0 Å². The summed E-state index contributed by atoms with van der Waals surface area (Å²) >= 11 is 0. The maximum absolute atomic E-state index is 3.37. The van der Waals surface area contributed by atoms with E-state index >= 15 is 0 Å². The normalized spacial score (nSPS) is 13.1. The standard InChI is InChI=1S/C18H32/c1-6-10-16(3)12-8-9-13-18(5)15-14-17(4)11-7-2/h8,13,17H,6-7,9-11,14-15H2,1-5H3. The zero-order chi connectivity index (χ0) is 13.8. The zero-order valence-electron chi connectivity index (χ0n) is 13.2. The summed E-state index contributed by atoms with van der Waals surface area (Å²) in [6.07, 6.45) is 13.2. The third kappa shape index (κ3) is 10.4. The molecule has 0 radical (unpaired) electrons. The highest BCUT2D eigenvalue weighted by molar-refractivity contribution is 5.04. The van der Waals surface area contributed by atoms with E-state index in [1.165, 1.54) is 49.7 Å². The number of allylic oxidation sites excluding steroid dienone is 3. The van der Waals surface area contributed by atoms with Gasteiger partial charge in [-0.1, -0.05) is 51.7 Å². The van der Waals surface area contributed by atoms with Crippen molar-refractivity contribution >= 4 is 0 Å². The summed E-state index contributed by atoms with van der Waals surface area (Å²) in [5.74, 6) is 0.876. The fraction of sp³-hybridized carbons (Fsp3) is 0.722. The highest BCUT2D eigenvalue weighted by Crippen LogP contribution is 2.16. The fourth-order valence-corrected chi connectivity index (χ4v) is 2.15. The molecule has 0 bridgehead atoms. The Morgan fingerprint density at radius 3 is 2.39 bits per heavy atom. The monoisotopic (exact) mass is 248 g/mol. The molecule has 0 saturated heterocycles. The van der Waals surface area contributed by atoms with Crippen molar-refractivity contribution in [2.24, 2.45) is 5.92 Å². The van der Waals surface area contributed by atoms with Gasteiger partial charge >= 0.3 is 0 Å². The Morgan fingerprint density at radius 1 is 1.06 bits per heavy atom. The molecule has 0 aliphatic rings. The Balaban J connectivity index is 3.94. The summed E-state index contributed by atoms with van der Waals surface area (Å²) in [7, 11) is 0. The first-order valence-corrected chi connectivity index (χ1v) is 7.66. The van der Waals surface area contributed by atoms with Crippen molar-refractivity contribution in [2.75, 3.05) is 0 Å². The lowest BCUT2D eigenvalue weighted by Gasteiger charge is -2.09. The predicted octanol–water partition coefficient (Wildman–Crippen LogP) is 6.44. The Bertz CT molecular complexity index is 287. The van der Waals surface area contributed by atoms with Gasteiger partial charge in [-0.2, -0.15) is 0 Å². The van der Waals surface area contributed by atoms with Gasteiger partial charge in [-0.3, -0.25) is 0 Å². The molecule has 0 heteroatoms. The van der Waals surface area contributed by atoms with Crippen LogP contribution in [0.5, 0.6) is 0 Å². The van der Waals surface area contributed by atoms with E-state index in [-0.39, 0.29) is 0 Å². The third-order valence-electron chi connectivity index (χ3n) is 3.37. The second-order valence-electron chi connectivity index (χ2n) is 5.60. The topological polar surface area (TPSA) is 0 Å². The van der Waals surface area contributed by atoms with Gasteiger partial charge in [0.05, 0.1) is 0 Å². The highest BCUT2D eigenvalue weighted by Gasteiger charge is 2.00. The Hall–Kier alpha value is -0.740. The van der Waals surface area contributed by atoms with Crippen LogP contribution < -0.4 is 0 Å². The Morgan fingerprint density at radius 2 is 1.78 bits per heavy atom. The van der Waals surface area contributed by atoms with E-state index in [1.807, 2.05) is 0 Å². The average Bonchev–Trinajstić information content (AvgIpc) is 2.33. The van der Waals surface area contributed by atoms with Crippen LogP contribution in [0, 0.1) is 5.92 Å². The minimum atomic E-state index is 0.876. The van der Waals surface area contributed by atoms with Gasteiger partial charge < -0.3 is 0 Å². The molecular weight excluding hydrogens is 216 g/mol. The molecule has 18 heavy (non-hydrogen) atoms. The quantitative estimate of drug-likeness (QED) is 0.325. The number of hydrogen-bond donors (Lipinski definition) is 0. The summed E-state index contributed by atoms with van der Waals surface area (Å²) < 4.78 is 0. The van der Waals surface area contributed by atoms with E-state index < -0.39 is 0 Å². The number of rotatable bonds is 9. The lowest BCUT2D eigenvalue weighted by molar-refractivity contribution is 0.485. The van der Waals surface area contributed by atoms with Crippen molar-refractivity contribution in [1.82, 2.24) is 0 Å². The molecule has 0 heterocycles. The van der Waals surface area contributed by atoms with Crippen molar-refractivity contribution in [1.29, 1.82) is 0 Å². The van der Waals surface area contributed by atoms with Gasteiger partial charge in [-0.15, -0.1) is 5.73 Å². The van der Waals surface area contributed by atoms with Crippen LogP contribution in [0.2, 0.25) is 0 Å². The van der Waals surface area contributed by atoms with Gasteiger partial charge in [0.1, 0.15) is 0 Å². The van der Waals surface area contributed by atoms with Crippen LogP contribution in [0.3, 0.4) is 0 Å². The largest absolute Gasteiger partial charge is 0.126 e. The summed E-state index contributed by atoms with van der Waals surface area (Å²) in [5.41, 5.74) is 6.28. The molecule has 0 amide bonds. The first kappa shape index (κ1) is 17.3. The van der Waals surface area contributed by atoms with Gasteiger partial charge in [0.25, 0.3) is 0 Å². The van der Waals surface area contributed by atoms with Crippen LogP contribution >= 0.6 is 0 Å². The Labute approximate surface area is 115 Å². The molecule has 104 valence electrons. The molecule has 0 saturated carbocycles. The molecule has 0 fully saturated rings. The van der Waals surface area contributed by atoms with E-state index in [1.54, 1.807) is 0 Å². The zero-order valence-corrected chi connectivity index (χ0v) is 13.2. The minimum Gasteiger partial charge on any atom is -0.126 e. The van der Waals surface area contributed by atoms with Gasteiger partial charge in [0, 0.05) is 0 Å². The highest BCUT2D eigenvalue weighted by atomic mass is 14.1. The van der Waals surface area contributed by atoms with E-state index in [0.29, 0.717) is 0 Å². The van der Waals surface area contributed by atoms with Gasteiger partial charge in [0.2, 0.25) is 0 Å². The summed E-state index contributed by atoms with van der Waals surface area (Å²) in [6, 6.07) is 0. The second-order valence-corrected chi connectivity index (χ2v) is 5.60. The first-order chi connectivity index (χ1) is 8.60. The third-order valence-corrected chi connectivity index (χ3v) is 3.37. The van der Waals surface area contributed by atoms with Gasteiger partial charge in [-0.25, -0.2) is 0 Å². The molecule has 1 atom stereocenters. The molecule has 0 spiro atoms. The van der Waals surface area contributed by atoms with E-state index in [9.17, 15) is 0 Å². The van der Waals surface area contributed by atoms with Crippen LogP contribution in [0.15, 0.2) is 29.0 Å². The van der Waals surface area contributed by atoms with Crippen molar-refractivity contribution in [3.05, 3.63) is 29.0 Å². The van der Waals surface area contributed by atoms with Crippen molar-refractivity contribution in [2.45, 2.75) is 79.6 Å². The van der Waals surface area contributed by atoms with Gasteiger partial charge in [0.15, 0.2) is 0 Å². The van der Waals surface area contributed by atoms with Crippen molar-refractivity contribution < 1.29 is 0 Å². The molecule has 0 N–H and O–H groups in total. The number of hydrogen-bond acceptors (Lipinski definition) is 0. The average molecular weight is 248 g/mol. The van der Waals surface area contributed by atoms with Crippen molar-refractivity contribution in [3.63, 3.8) is 0 Å². The second kappa shape index (κ2) is 11.4. The molecule has 0 nitrogen and oxygen atoms in total. The molecule has 0 aliphatic heterocycles. The summed E-state index contributed by atoms with van der Waals surface area (Å²) in [5, 5.41) is 0. The van der Waals surface area contributed by atoms with Crippen LogP contribution in [-0.2, 0) is 0 Å². The molecule has 0 aromatic heterocycles. The SMILES string of the molecule is CCCC(C)=C=CCC=C(C)CCC(C)CCC. The summed E-state index contributed by atoms with van der Waals surface area (Å²) in [4.78, 5) is 0. The lowest BCUT2D eigenvalue weighted by atomic mass is 9.97. The fourth-order valence-electron chi connectivity index (χ4n) is 2.15. The maximum Gasteiger partial charge on any atom is -0.00904 e. The van der Waals surface area contributed by atoms with Crippen molar-refractivity contribution in [3.8, 4) is 0 Å². The minimum absolute atomic E-state index is 0.876. The molecular formula is C18H32. The maximum atomic E-state index is 3.37. The molecule has 0 aromatic rings. The van der Waals surface area contributed by atoms with Crippen LogP contribution in [-0.4, -0.2) is 0 Å². The summed E-state index contributed by atoms with van der Waals surface area (Å²) in [6.45, 7) is 11.3.